The van der Waals surface area contributed by atoms with Gasteiger partial charge in [-0.25, -0.2) is 4.39 Å². The van der Waals surface area contributed by atoms with Crippen molar-refractivity contribution in [2.45, 2.75) is 6.42 Å². The number of methoxy groups -OCH3 is 1. The van der Waals surface area contributed by atoms with Crippen molar-refractivity contribution < 1.29 is 23.5 Å². The van der Waals surface area contributed by atoms with E-state index in [4.69, 9.17) is 9.47 Å². The second kappa shape index (κ2) is 14.2. The second-order valence-electron chi connectivity index (χ2n) is 10.4. The number of morpholine rings is 1. The maximum absolute atomic E-state index is 14.5. The number of hydrogen-bond acceptors (Lipinski definition) is 8. The minimum Gasteiger partial charge on any atom is -0.497 e. The Morgan fingerprint density at radius 2 is 1.71 bits per heavy atom. The molecule has 2 aliphatic heterocycles. The van der Waals surface area contributed by atoms with E-state index in [1.807, 2.05) is 36.4 Å². The Kier molecular flexibility index (Phi) is 9.94. The molecule has 0 spiro atoms. The molecule has 3 aromatic rings. The van der Waals surface area contributed by atoms with E-state index in [1.54, 1.807) is 24.1 Å². The maximum atomic E-state index is 14.5. The SMILES string of the molecule is COc1ccc(-c2ccc(N3CCCN(C(=O)CN(CCN4CCOCC4)C(=O)c4ccccc4F)CC3)nn2)cc1. The molecule has 0 unspecified atom stereocenters. The fourth-order valence-corrected chi connectivity index (χ4v) is 5.21. The lowest BCUT2D eigenvalue weighted by atomic mass is 10.1. The van der Waals surface area contributed by atoms with Crippen LogP contribution in [0.1, 0.15) is 16.8 Å². The highest BCUT2D eigenvalue weighted by Crippen LogP contribution is 2.22. The predicted octanol–water partition coefficient (Wildman–Crippen LogP) is 2.80. The summed E-state index contributed by atoms with van der Waals surface area (Å²) in [7, 11) is 1.63. The molecule has 5 rings (SSSR count). The number of amides is 2. The number of rotatable bonds is 9. The van der Waals surface area contributed by atoms with Crippen LogP contribution in [0.2, 0.25) is 0 Å². The first-order valence-corrected chi connectivity index (χ1v) is 14.4. The monoisotopic (exact) mass is 576 g/mol. The molecule has 0 radical (unpaired) electrons. The van der Waals surface area contributed by atoms with Gasteiger partial charge in [0.25, 0.3) is 5.91 Å². The molecule has 3 heterocycles. The van der Waals surface area contributed by atoms with Gasteiger partial charge in [-0.3, -0.25) is 14.5 Å². The van der Waals surface area contributed by atoms with E-state index in [0.717, 1.165) is 48.9 Å². The first-order chi connectivity index (χ1) is 20.5. The summed E-state index contributed by atoms with van der Waals surface area (Å²) in [5, 5.41) is 8.87. The number of benzene rings is 2. The van der Waals surface area contributed by atoms with Crippen molar-refractivity contribution in [3.05, 3.63) is 72.0 Å². The minimum atomic E-state index is -0.587. The van der Waals surface area contributed by atoms with Gasteiger partial charge in [0, 0.05) is 57.9 Å². The van der Waals surface area contributed by atoms with Crippen LogP contribution in [0.3, 0.4) is 0 Å². The third kappa shape index (κ3) is 7.40. The topological polar surface area (TPSA) is 91.3 Å². The Balaban J connectivity index is 1.21. The summed E-state index contributed by atoms with van der Waals surface area (Å²) >= 11 is 0. The van der Waals surface area contributed by atoms with Crippen molar-refractivity contribution >= 4 is 17.6 Å². The number of nitrogens with zero attached hydrogens (tertiary/aromatic N) is 6. The molecule has 0 N–H and O–H groups in total. The zero-order valence-corrected chi connectivity index (χ0v) is 24.0. The van der Waals surface area contributed by atoms with Gasteiger partial charge in [-0.05, 0) is 55.0 Å². The predicted molar refractivity (Wildman–Crippen MR) is 157 cm³/mol. The number of hydrogen-bond donors (Lipinski definition) is 0. The Bertz CT molecular complexity index is 1330. The van der Waals surface area contributed by atoms with Crippen molar-refractivity contribution in [1.29, 1.82) is 0 Å². The van der Waals surface area contributed by atoms with E-state index in [0.29, 0.717) is 45.9 Å². The molecule has 2 fully saturated rings. The van der Waals surface area contributed by atoms with Gasteiger partial charge in [0.05, 0.1) is 31.6 Å². The van der Waals surface area contributed by atoms with Crippen LogP contribution in [0, 0.1) is 5.82 Å². The van der Waals surface area contributed by atoms with Gasteiger partial charge in [0.2, 0.25) is 5.91 Å². The highest BCUT2D eigenvalue weighted by atomic mass is 19.1. The number of anilines is 1. The van der Waals surface area contributed by atoms with Gasteiger partial charge in [-0.1, -0.05) is 12.1 Å². The summed E-state index contributed by atoms with van der Waals surface area (Å²) in [5.41, 5.74) is 1.70. The van der Waals surface area contributed by atoms with Gasteiger partial charge in [-0.15, -0.1) is 10.2 Å². The standard InChI is InChI=1S/C31H37FN6O4/c1-41-25-9-7-24(8-10-25)28-11-12-29(34-33-28)36-13-4-14-37(18-17-36)30(39)23-38(16-15-35-19-21-42-22-20-35)31(40)26-5-2-3-6-27(26)32/h2-3,5-12H,4,13-23H2,1H3. The molecule has 0 atom stereocenters. The molecule has 2 aliphatic rings. The Morgan fingerprint density at radius 1 is 0.929 bits per heavy atom. The molecule has 0 aliphatic carbocycles. The molecule has 222 valence electrons. The molecule has 10 nitrogen and oxygen atoms in total. The first kappa shape index (κ1) is 29.4. The minimum absolute atomic E-state index is 0.0222. The smallest absolute Gasteiger partial charge is 0.257 e. The van der Waals surface area contributed by atoms with Crippen molar-refractivity contribution in [2.75, 3.05) is 84.1 Å². The van der Waals surface area contributed by atoms with Gasteiger partial charge >= 0.3 is 0 Å². The molecular formula is C31H37FN6O4. The molecule has 2 aromatic carbocycles. The normalized spacial score (nSPS) is 16.1. The van der Waals surface area contributed by atoms with E-state index in [-0.39, 0.29) is 18.0 Å². The zero-order chi connectivity index (χ0) is 29.3. The molecular weight excluding hydrogens is 539 g/mol. The Hall–Kier alpha value is -4.09. The summed E-state index contributed by atoms with van der Waals surface area (Å²) in [6.07, 6.45) is 0.753. The van der Waals surface area contributed by atoms with Crippen LogP contribution < -0.4 is 9.64 Å². The molecule has 42 heavy (non-hydrogen) atoms. The quantitative estimate of drug-likeness (QED) is 0.384. The molecule has 1 aromatic heterocycles. The van der Waals surface area contributed by atoms with E-state index in [1.165, 1.54) is 17.0 Å². The summed E-state index contributed by atoms with van der Waals surface area (Å²) in [6.45, 7) is 6.01. The lowest BCUT2D eigenvalue weighted by Gasteiger charge is -2.31. The van der Waals surface area contributed by atoms with Crippen LogP contribution in [0.5, 0.6) is 5.75 Å². The number of aromatic nitrogens is 2. The Labute approximate surface area is 245 Å². The van der Waals surface area contributed by atoms with Crippen LogP contribution in [-0.2, 0) is 9.53 Å². The first-order valence-electron chi connectivity index (χ1n) is 14.4. The molecule has 0 saturated carbocycles. The van der Waals surface area contributed by atoms with Crippen molar-refractivity contribution in [1.82, 2.24) is 24.9 Å². The summed E-state index contributed by atoms with van der Waals surface area (Å²) in [5.74, 6) is 0.325. The van der Waals surface area contributed by atoms with Crippen LogP contribution in [-0.4, -0.2) is 116 Å². The molecule has 11 heteroatoms. The van der Waals surface area contributed by atoms with Crippen LogP contribution >= 0.6 is 0 Å². The lowest BCUT2D eigenvalue weighted by molar-refractivity contribution is -0.131. The van der Waals surface area contributed by atoms with E-state index in [9.17, 15) is 14.0 Å². The van der Waals surface area contributed by atoms with Crippen LogP contribution in [0.4, 0.5) is 10.2 Å². The number of ether oxygens (including phenoxy) is 2. The average Bonchev–Trinajstić information content (AvgIpc) is 3.30. The number of halogens is 1. The highest BCUT2D eigenvalue weighted by Gasteiger charge is 2.26. The van der Waals surface area contributed by atoms with E-state index in [2.05, 4.69) is 20.0 Å². The van der Waals surface area contributed by atoms with Gasteiger partial charge in [0.15, 0.2) is 5.82 Å². The third-order valence-corrected chi connectivity index (χ3v) is 7.72. The van der Waals surface area contributed by atoms with Gasteiger partial charge in [0.1, 0.15) is 18.1 Å². The lowest BCUT2D eigenvalue weighted by Crippen LogP contribution is -2.48. The van der Waals surface area contributed by atoms with Crippen LogP contribution in [0.15, 0.2) is 60.7 Å². The molecule has 0 bridgehead atoms. The zero-order valence-electron chi connectivity index (χ0n) is 24.0. The largest absolute Gasteiger partial charge is 0.497 e. The van der Waals surface area contributed by atoms with Gasteiger partial charge in [-0.2, -0.15) is 0 Å². The number of carbonyl (C=O) groups is 2. The van der Waals surface area contributed by atoms with Crippen molar-refractivity contribution in [3.8, 4) is 17.0 Å². The molecule has 2 amide bonds. The summed E-state index contributed by atoms with van der Waals surface area (Å²) < 4.78 is 25.2. The highest BCUT2D eigenvalue weighted by molar-refractivity contribution is 5.96. The van der Waals surface area contributed by atoms with E-state index < -0.39 is 11.7 Å². The Morgan fingerprint density at radius 3 is 2.43 bits per heavy atom. The summed E-state index contributed by atoms with van der Waals surface area (Å²) in [6, 6.07) is 17.5. The summed E-state index contributed by atoms with van der Waals surface area (Å²) in [4.78, 5) is 34.4. The second-order valence-corrected chi connectivity index (χ2v) is 10.4. The fraction of sp³-hybridized carbons (Fsp3) is 0.419. The van der Waals surface area contributed by atoms with E-state index >= 15 is 0 Å². The fourth-order valence-electron chi connectivity index (χ4n) is 5.21. The van der Waals surface area contributed by atoms with Gasteiger partial charge < -0.3 is 24.2 Å². The molecule has 2 saturated heterocycles. The third-order valence-electron chi connectivity index (χ3n) is 7.72. The van der Waals surface area contributed by atoms with Crippen molar-refractivity contribution in [2.24, 2.45) is 0 Å². The maximum Gasteiger partial charge on any atom is 0.257 e. The average molecular weight is 577 g/mol. The number of carbonyl (C=O) groups excluding carboxylic acids is 2. The van der Waals surface area contributed by atoms with Crippen molar-refractivity contribution in [3.63, 3.8) is 0 Å². The van der Waals surface area contributed by atoms with Crippen LogP contribution in [0.25, 0.3) is 11.3 Å².